The average molecular weight is 258 g/mol. The first-order chi connectivity index (χ1) is 9.28. The molecular weight excluding hydrogens is 244 g/mol. The van der Waals surface area contributed by atoms with Crippen molar-refractivity contribution in [3.8, 4) is 16.9 Å². The molecule has 1 aliphatic carbocycles. The lowest BCUT2D eigenvalue weighted by atomic mass is 10.1. The van der Waals surface area contributed by atoms with Crippen LogP contribution in [0.1, 0.15) is 12.8 Å². The highest BCUT2D eigenvalue weighted by molar-refractivity contribution is 5.96. The highest BCUT2D eigenvalue weighted by Crippen LogP contribution is 2.33. The van der Waals surface area contributed by atoms with E-state index in [0.717, 1.165) is 29.7 Å². The van der Waals surface area contributed by atoms with Crippen molar-refractivity contribution >= 4 is 11.8 Å². The summed E-state index contributed by atoms with van der Waals surface area (Å²) in [6, 6.07) is 7.51. The molecule has 0 spiro atoms. The van der Waals surface area contributed by atoms with E-state index in [1.807, 2.05) is 24.3 Å². The van der Waals surface area contributed by atoms with E-state index in [9.17, 15) is 4.79 Å². The first kappa shape index (κ1) is 11.8. The molecule has 19 heavy (non-hydrogen) atoms. The third-order valence-electron chi connectivity index (χ3n) is 3.16. The second-order valence-corrected chi connectivity index (χ2v) is 4.56. The number of benzene rings is 1. The van der Waals surface area contributed by atoms with E-state index in [0.29, 0.717) is 5.88 Å². The summed E-state index contributed by atoms with van der Waals surface area (Å²) >= 11 is 0. The molecule has 5 nitrogen and oxygen atoms in total. The SMILES string of the molecule is COc1ccc(-c2cnoc2NC(=O)C2CC2)cc1. The zero-order valence-corrected chi connectivity index (χ0v) is 10.6. The molecule has 1 aromatic heterocycles. The van der Waals surface area contributed by atoms with Crippen LogP contribution in [0.3, 0.4) is 0 Å². The summed E-state index contributed by atoms with van der Waals surface area (Å²) in [7, 11) is 1.62. The van der Waals surface area contributed by atoms with Crippen LogP contribution in [0, 0.1) is 5.92 Å². The summed E-state index contributed by atoms with van der Waals surface area (Å²) in [5, 5.41) is 6.53. The summed E-state index contributed by atoms with van der Waals surface area (Å²) in [6.07, 6.45) is 3.51. The van der Waals surface area contributed by atoms with Gasteiger partial charge in [-0.15, -0.1) is 0 Å². The van der Waals surface area contributed by atoms with Gasteiger partial charge >= 0.3 is 0 Å². The third kappa shape index (κ3) is 2.45. The maximum Gasteiger partial charge on any atom is 0.239 e. The van der Waals surface area contributed by atoms with Gasteiger partial charge in [-0.2, -0.15) is 0 Å². The molecule has 0 unspecified atom stereocenters. The summed E-state index contributed by atoms with van der Waals surface area (Å²) in [6.45, 7) is 0. The summed E-state index contributed by atoms with van der Waals surface area (Å²) < 4.78 is 10.2. The van der Waals surface area contributed by atoms with Crippen molar-refractivity contribution in [2.45, 2.75) is 12.8 Å². The molecule has 5 heteroatoms. The van der Waals surface area contributed by atoms with Crippen LogP contribution in [0.25, 0.3) is 11.1 Å². The lowest BCUT2D eigenvalue weighted by molar-refractivity contribution is -0.117. The lowest BCUT2D eigenvalue weighted by Crippen LogP contribution is -2.13. The predicted octanol–water partition coefficient (Wildman–Crippen LogP) is 2.70. The second kappa shape index (κ2) is 4.76. The molecule has 2 aromatic rings. The number of carbonyl (C=O) groups is 1. The number of hydrogen-bond donors (Lipinski definition) is 1. The normalized spacial score (nSPS) is 14.2. The Morgan fingerprint density at radius 1 is 1.37 bits per heavy atom. The lowest BCUT2D eigenvalue weighted by Gasteiger charge is -2.04. The van der Waals surface area contributed by atoms with E-state index in [4.69, 9.17) is 9.26 Å². The molecule has 1 fully saturated rings. The monoisotopic (exact) mass is 258 g/mol. The van der Waals surface area contributed by atoms with E-state index < -0.39 is 0 Å². The van der Waals surface area contributed by atoms with E-state index in [1.54, 1.807) is 13.3 Å². The second-order valence-electron chi connectivity index (χ2n) is 4.56. The number of carbonyl (C=O) groups excluding carboxylic acids is 1. The van der Waals surface area contributed by atoms with Gasteiger partial charge < -0.3 is 9.26 Å². The number of rotatable bonds is 4. The van der Waals surface area contributed by atoms with Gasteiger partial charge in [-0.3, -0.25) is 10.1 Å². The number of anilines is 1. The van der Waals surface area contributed by atoms with Gasteiger partial charge in [0.1, 0.15) is 5.75 Å². The number of amides is 1. The third-order valence-corrected chi connectivity index (χ3v) is 3.16. The van der Waals surface area contributed by atoms with Gasteiger partial charge in [0.15, 0.2) is 0 Å². The van der Waals surface area contributed by atoms with Crippen LogP contribution in [0.2, 0.25) is 0 Å². The molecule has 1 amide bonds. The van der Waals surface area contributed by atoms with Gasteiger partial charge in [-0.1, -0.05) is 17.3 Å². The maximum atomic E-state index is 11.7. The fourth-order valence-electron chi connectivity index (χ4n) is 1.87. The van der Waals surface area contributed by atoms with Crippen molar-refractivity contribution in [3.05, 3.63) is 30.5 Å². The van der Waals surface area contributed by atoms with Gasteiger partial charge in [0.05, 0.1) is 18.9 Å². The molecule has 1 aromatic carbocycles. The Balaban J connectivity index is 1.83. The van der Waals surface area contributed by atoms with Gasteiger partial charge in [0.2, 0.25) is 11.8 Å². The van der Waals surface area contributed by atoms with Crippen molar-refractivity contribution in [3.63, 3.8) is 0 Å². The first-order valence-corrected chi connectivity index (χ1v) is 6.18. The van der Waals surface area contributed by atoms with Crippen LogP contribution in [0.15, 0.2) is 35.0 Å². The molecular formula is C14H14N2O3. The number of hydrogen-bond acceptors (Lipinski definition) is 4. The Labute approximate surface area is 110 Å². The van der Waals surface area contributed by atoms with Crippen LogP contribution in [-0.2, 0) is 4.79 Å². The Morgan fingerprint density at radius 2 is 2.11 bits per heavy atom. The zero-order valence-electron chi connectivity index (χ0n) is 10.6. The average Bonchev–Trinajstić information content (AvgIpc) is 3.20. The van der Waals surface area contributed by atoms with Crippen molar-refractivity contribution in [1.82, 2.24) is 5.16 Å². The Morgan fingerprint density at radius 3 is 2.74 bits per heavy atom. The summed E-state index contributed by atoms with van der Waals surface area (Å²) in [5.74, 6) is 1.33. The number of methoxy groups -OCH3 is 1. The molecule has 98 valence electrons. The van der Waals surface area contributed by atoms with Gasteiger partial charge in [-0.05, 0) is 30.5 Å². The Kier molecular flexibility index (Phi) is 2.95. The molecule has 1 aliphatic rings. The standard InChI is InChI=1S/C14H14N2O3/c1-18-11-6-4-9(5-7-11)12-8-15-19-14(12)16-13(17)10-2-3-10/h4-8,10H,2-3H2,1H3,(H,16,17). The molecule has 1 saturated carbocycles. The minimum Gasteiger partial charge on any atom is -0.497 e. The molecule has 3 rings (SSSR count). The van der Waals surface area contributed by atoms with Crippen LogP contribution in [-0.4, -0.2) is 18.2 Å². The molecule has 0 radical (unpaired) electrons. The van der Waals surface area contributed by atoms with Crippen LogP contribution < -0.4 is 10.1 Å². The van der Waals surface area contributed by atoms with E-state index in [2.05, 4.69) is 10.5 Å². The van der Waals surface area contributed by atoms with E-state index in [1.165, 1.54) is 0 Å². The minimum atomic E-state index is 0.00603. The number of ether oxygens (including phenoxy) is 1. The van der Waals surface area contributed by atoms with E-state index in [-0.39, 0.29) is 11.8 Å². The highest BCUT2D eigenvalue weighted by Gasteiger charge is 2.30. The molecule has 1 N–H and O–H groups in total. The number of aromatic nitrogens is 1. The molecule has 0 saturated heterocycles. The van der Waals surface area contributed by atoms with Gasteiger partial charge in [-0.25, -0.2) is 0 Å². The summed E-state index contributed by atoms with van der Waals surface area (Å²) in [5.41, 5.74) is 1.70. The first-order valence-electron chi connectivity index (χ1n) is 6.18. The van der Waals surface area contributed by atoms with Crippen LogP contribution in [0.5, 0.6) is 5.75 Å². The van der Waals surface area contributed by atoms with Gasteiger partial charge in [0.25, 0.3) is 0 Å². The maximum absolute atomic E-state index is 11.7. The van der Waals surface area contributed by atoms with E-state index >= 15 is 0 Å². The molecule has 0 aliphatic heterocycles. The zero-order chi connectivity index (χ0) is 13.2. The Bertz CT molecular complexity index is 585. The highest BCUT2D eigenvalue weighted by atomic mass is 16.5. The smallest absolute Gasteiger partial charge is 0.239 e. The fourth-order valence-corrected chi connectivity index (χ4v) is 1.87. The molecule has 0 bridgehead atoms. The predicted molar refractivity (Wildman–Crippen MR) is 69.8 cm³/mol. The largest absolute Gasteiger partial charge is 0.497 e. The Hall–Kier alpha value is -2.30. The summed E-state index contributed by atoms with van der Waals surface area (Å²) in [4.78, 5) is 11.7. The molecule has 0 atom stereocenters. The van der Waals surface area contributed by atoms with Crippen LogP contribution >= 0.6 is 0 Å². The minimum absolute atomic E-state index is 0.00603. The van der Waals surface area contributed by atoms with Gasteiger partial charge in [0, 0.05) is 5.92 Å². The van der Waals surface area contributed by atoms with Crippen molar-refractivity contribution < 1.29 is 14.1 Å². The molecule has 1 heterocycles. The quantitative estimate of drug-likeness (QED) is 0.915. The van der Waals surface area contributed by atoms with Crippen LogP contribution in [0.4, 0.5) is 5.88 Å². The van der Waals surface area contributed by atoms with Crippen molar-refractivity contribution in [1.29, 1.82) is 0 Å². The van der Waals surface area contributed by atoms with Crippen molar-refractivity contribution in [2.75, 3.05) is 12.4 Å². The number of nitrogens with one attached hydrogen (secondary N) is 1. The number of nitrogens with zero attached hydrogens (tertiary/aromatic N) is 1. The fraction of sp³-hybridized carbons (Fsp3) is 0.286. The topological polar surface area (TPSA) is 64.4 Å². The van der Waals surface area contributed by atoms with Crippen molar-refractivity contribution in [2.24, 2.45) is 5.92 Å².